The highest BCUT2D eigenvalue weighted by atomic mass is 32.2. The minimum Gasteiger partial charge on any atom is -0.461 e. The molecule has 0 unspecified atom stereocenters. The zero-order valence-corrected chi connectivity index (χ0v) is 14.5. The topological polar surface area (TPSA) is 111 Å². The van der Waals surface area contributed by atoms with Crippen molar-refractivity contribution in [2.75, 3.05) is 6.61 Å². The van der Waals surface area contributed by atoms with Crippen LogP contribution in [-0.2, 0) is 4.74 Å². The van der Waals surface area contributed by atoms with E-state index in [1.807, 2.05) is 30.3 Å². The molecule has 8 nitrogen and oxygen atoms in total. The molecule has 1 heterocycles. The van der Waals surface area contributed by atoms with Crippen molar-refractivity contribution in [1.29, 1.82) is 0 Å². The van der Waals surface area contributed by atoms with Crippen molar-refractivity contribution >= 4 is 23.4 Å². The number of carbonyl (C=O) groups excluding carboxylic acids is 1. The van der Waals surface area contributed by atoms with E-state index in [2.05, 4.69) is 15.4 Å². The van der Waals surface area contributed by atoms with Crippen LogP contribution in [0, 0.1) is 10.1 Å². The maximum absolute atomic E-state index is 12.1. The molecule has 0 saturated heterocycles. The van der Waals surface area contributed by atoms with Gasteiger partial charge in [0.25, 0.3) is 5.69 Å². The van der Waals surface area contributed by atoms with E-state index in [-0.39, 0.29) is 23.7 Å². The summed E-state index contributed by atoms with van der Waals surface area (Å²) in [6.45, 7) is 1.87. The highest BCUT2D eigenvalue weighted by Gasteiger charge is 2.23. The van der Waals surface area contributed by atoms with Gasteiger partial charge in [0.2, 0.25) is 0 Å². The second-order valence-corrected chi connectivity index (χ2v) is 6.21. The van der Waals surface area contributed by atoms with Crippen molar-refractivity contribution < 1.29 is 14.5 Å². The number of hydrogen-bond donors (Lipinski definition) is 1. The summed E-state index contributed by atoms with van der Waals surface area (Å²) in [5.74, 6) is -0.640. The summed E-state index contributed by atoms with van der Waals surface area (Å²) in [7, 11) is 0. The Morgan fingerprint density at radius 2 is 2.00 bits per heavy atom. The first-order valence-electron chi connectivity index (χ1n) is 7.69. The van der Waals surface area contributed by atoms with Crippen molar-refractivity contribution in [3.8, 4) is 11.3 Å². The highest BCUT2D eigenvalue weighted by Crippen LogP contribution is 2.38. The molecule has 0 aliphatic carbocycles. The maximum Gasteiger partial charge on any atom is 0.361 e. The Kier molecular flexibility index (Phi) is 5.28. The van der Waals surface area contributed by atoms with Crippen molar-refractivity contribution in [3.63, 3.8) is 0 Å². The van der Waals surface area contributed by atoms with Gasteiger partial charge < -0.3 is 4.74 Å². The Labute approximate surface area is 152 Å². The van der Waals surface area contributed by atoms with E-state index in [1.165, 1.54) is 23.9 Å². The number of aromatic amines is 1. The quantitative estimate of drug-likeness (QED) is 0.400. The molecule has 0 amide bonds. The second-order valence-electron chi connectivity index (χ2n) is 5.09. The predicted octanol–water partition coefficient (Wildman–Crippen LogP) is 3.71. The number of nitro groups is 1. The molecule has 3 aromatic rings. The van der Waals surface area contributed by atoms with Crippen LogP contribution in [-0.4, -0.2) is 32.9 Å². The number of H-pyrrole nitrogens is 1. The Morgan fingerprint density at radius 1 is 1.23 bits per heavy atom. The van der Waals surface area contributed by atoms with Gasteiger partial charge in [0.05, 0.1) is 11.5 Å². The second kappa shape index (κ2) is 7.79. The van der Waals surface area contributed by atoms with Crippen LogP contribution < -0.4 is 0 Å². The highest BCUT2D eigenvalue weighted by molar-refractivity contribution is 7.99. The fourth-order valence-corrected chi connectivity index (χ4v) is 3.23. The number of carbonyl (C=O) groups is 1. The van der Waals surface area contributed by atoms with Gasteiger partial charge in [-0.05, 0) is 25.1 Å². The molecule has 2 aromatic carbocycles. The van der Waals surface area contributed by atoms with Crippen LogP contribution in [0.3, 0.4) is 0 Å². The average molecular weight is 370 g/mol. The standard InChI is InChI=1S/C17H14N4O4S/c1-2-25-17(22)16-15(18-20-19-16)13-10-11(21(23)24)8-9-14(13)26-12-6-4-3-5-7-12/h3-10H,2H2,1H3,(H,18,19,20). The van der Waals surface area contributed by atoms with Gasteiger partial charge in [-0.15, -0.1) is 5.10 Å². The number of non-ortho nitro benzene ring substituents is 1. The van der Waals surface area contributed by atoms with Crippen LogP contribution in [0.4, 0.5) is 5.69 Å². The van der Waals surface area contributed by atoms with Crippen molar-refractivity contribution in [1.82, 2.24) is 15.4 Å². The molecule has 0 radical (unpaired) electrons. The van der Waals surface area contributed by atoms with Crippen LogP contribution in [0.2, 0.25) is 0 Å². The van der Waals surface area contributed by atoms with E-state index in [9.17, 15) is 14.9 Å². The molecule has 3 rings (SSSR count). The molecular weight excluding hydrogens is 356 g/mol. The number of hydrogen-bond acceptors (Lipinski definition) is 7. The Bertz CT molecular complexity index is 943. The van der Waals surface area contributed by atoms with E-state index in [4.69, 9.17) is 4.74 Å². The molecule has 9 heteroatoms. The molecule has 1 aromatic heterocycles. The summed E-state index contributed by atoms with van der Waals surface area (Å²) in [6, 6.07) is 14.0. The third-order valence-electron chi connectivity index (χ3n) is 3.42. The number of esters is 1. The van der Waals surface area contributed by atoms with E-state index >= 15 is 0 Å². The molecule has 132 valence electrons. The van der Waals surface area contributed by atoms with Crippen molar-refractivity contribution in [2.24, 2.45) is 0 Å². The maximum atomic E-state index is 12.1. The van der Waals surface area contributed by atoms with Gasteiger partial charge >= 0.3 is 5.97 Å². The zero-order valence-electron chi connectivity index (χ0n) is 13.7. The van der Waals surface area contributed by atoms with Crippen molar-refractivity contribution in [2.45, 2.75) is 16.7 Å². The minimum absolute atomic E-state index is 0.0118. The zero-order chi connectivity index (χ0) is 18.5. The SMILES string of the molecule is CCOC(=O)c1n[nH]nc1-c1cc([N+](=O)[O-])ccc1Sc1ccccc1. The number of rotatable bonds is 6. The lowest BCUT2D eigenvalue weighted by atomic mass is 10.1. The predicted molar refractivity (Wildman–Crippen MR) is 95.0 cm³/mol. The monoisotopic (exact) mass is 370 g/mol. The molecule has 0 aliphatic rings. The third-order valence-corrected chi connectivity index (χ3v) is 4.50. The first-order chi connectivity index (χ1) is 12.6. The summed E-state index contributed by atoms with van der Waals surface area (Å²) in [5, 5.41) is 21.4. The lowest BCUT2D eigenvalue weighted by molar-refractivity contribution is -0.384. The van der Waals surface area contributed by atoms with Gasteiger partial charge in [-0.3, -0.25) is 10.1 Å². The van der Waals surface area contributed by atoms with E-state index in [0.29, 0.717) is 10.5 Å². The smallest absolute Gasteiger partial charge is 0.361 e. The molecule has 26 heavy (non-hydrogen) atoms. The van der Waals surface area contributed by atoms with Gasteiger partial charge in [0.1, 0.15) is 5.69 Å². The Morgan fingerprint density at radius 3 is 2.69 bits per heavy atom. The number of nitrogens with zero attached hydrogens (tertiary/aromatic N) is 3. The van der Waals surface area contributed by atoms with Crippen LogP contribution in [0.1, 0.15) is 17.4 Å². The van der Waals surface area contributed by atoms with Crippen LogP contribution in [0.5, 0.6) is 0 Å². The van der Waals surface area contributed by atoms with Crippen LogP contribution in [0.25, 0.3) is 11.3 Å². The Hall–Kier alpha value is -3.20. The first-order valence-corrected chi connectivity index (χ1v) is 8.51. The summed E-state index contributed by atoms with van der Waals surface area (Å²) in [4.78, 5) is 24.4. The molecule has 0 bridgehead atoms. The first kappa shape index (κ1) is 17.6. The summed E-state index contributed by atoms with van der Waals surface area (Å²) < 4.78 is 4.98. The number of nitro benzene ring substituents is 1. The van der Waals surface area contributed by atoms with Gasteiger partial charge in [0.15, 0.2) is 5.69 Å². The summed E-state index contributed by atoms with van der Waals surface area (Å²) >= 11 is 1.41. The molecule has 1 N–H and O–H groups in total. The summed E-state index contributed by atoms with van der Waals surface area (Å²) in [5.41, 5.74) is 0.535. The van der Waals surface area contributed by atoms with E-state index in [1.54, 1.807) is 13.0 Å². The molecule has 0 fully saturated rings. The van der Waals surface area contributed by atoms with E-state index < -0.39 is 10.9 Å². The number of nitrogens with one attached hydrogen (secondary N) is 1. The fourth-order valence-electron chi connectivity index (χ4n) is 2.28. The average Bonchev–Trinajstić information content (AvgIpc) is 3.12. The van der Waals surface area contributed by atoms with Crippen LogP contribution >= 0.6 is 11.8 Å². The van der Waals surface area contributed by atoms with Gasteiger partial charge in [-0.25, -0.2) is 4.79 Å². The van der Waals surface area contributed by atoms with Crippen molar-refractivity contribution in [3.05, 3.63) is 64.3 Å². The molecule has 0 aliphatic heterocycles. The molecule has 0 atom stereocenters. The Balaban J connectivity index is 2.09. The lowest BCUT2D eigenvalue weighted by Crippen LogP contribution is -2.07. The minimum atomic E-state index is -0.640. The molecular formula is C17H14N4O4S. The largest absolute Gasteiger partial charge is 0.461 e. The van der Waals surface area contributed by atoms with Gasteiger partial charge in [-0.1, -0.05) is 30.0 Å². The normalized spacial score (nSPS) is 10.5. The number of benzene rings is 2. The summed E-state index contributed by atoms with van der Waals surface area (Å²) in [6.07, 6.45) is 0. The van der Waals surface area contributed by atoms with E-state index in [0.717, 1.165) is 4.90 Å². The van der Waals surface area contributed by atoms with Gasteiger partial charge in [0, 0.05) is 27.5 Å². The number of ether oxygens (including phenoxy) is 1. The number of aromatic nitrogens is 3. The van der Waals surface area contributed by atoms with Gasteiger partial charge in [-0.2, -0.15) is 10.3 Å². The molecule has 0 spiro atoms. The third kappa shape index (κ3) is 3.72. The van der Waals surface area contributed by atoms with Crippen LogP contribution in [0.15, 0.2) is 58.3 Å². The lowest BCUT2D eigenvalue weighted by Gasteiger charge is -2.08. The fraction of sp³-hybridized carbons (Fsp3) is 0.118. The molecule has 0 saturated carbocycles.